The molecule has 1 heterocycles. The Labute approximate surface area is 107 Å². The molecule has 18 heavy (non-hydrogen) atoms. The topological polar surface area (TPSA) is 41.1 Å². The second kappa shape index (κ2) is 5.96. The lowest BCUT2D eigenvalue weighted by Crippen LogP contribution is -2.50. The quantitative estimate of drug-likeness (QED) is 0.853. The third kappa shape index (κ3) is 3.29. The summed E-state index contributed by atoms with van der Waals surface area (Å²) in [6, 6.07) is 6.56. The number of carbonyl (C=O) groups excluding carboxylic acids is 1. The maximum absolute atomic E-state index is 13.4. The fraction of sp³-hybridized carbons (Fsp3) is 0.500. The lowest BCUT2D eigenvalue weighted by molar-refractivity contribution is -0.121. The average molecular weight is 250 g/mol. The molecule has 0 radical (unpaired) electrons. The molecule has 1 aliphatic rings. The average Bonchev–Trinajstić information content (AvgIpc) is 2.35. The summed E-state index contributed by atoms with van der Waals surface area (Å²) in [5.74, 6) is 0.0407. The number of hydrogen-bond donors (Lipinski definition) is 2. The van der Waals surface area contributed by atoms with E-state index in [9.17, 15) is 9.18 Å². The molecule has 1 aromatic carbocycles. The molecule has 0 saturated carbocycles. The second-order valence-electron chi connectivity index (χ2n) is 4.91. The van der Waals surface area contributed by atoms with Crippen molar-refractivity contribution < 1.29 is 9.18 Å². The molecule has 0 unspecified atom stereocenters. The molecule has 2 N–H and O–H groups in total. The van der Waals surface area contributed by atoms with Crippen LogP contribution >= 0.6 is 0 Å². The van der Waals surface area contributed by atoms with Crippen molar-refractivity contribution in [2.45, 2.75) is 25.8 Å². The highest BCUT2D eigenvalue weighted by molar-refractivity contribution is 5.79. The standard InChI is InChI=1S/C14H19FN2O/c1-10-6-7-16-9-13(10)17-14(18)8-11-4-2-3-5-12(11)15/h2-5,10,13,16H,6-9H2,1H3,(H,17,18)/t10-,13+/m0/s1. The molecular weight excluding hydrogens is 231 g/mol. The highest BCUT2D eigenvalue weighted by Gasteiger charge is 2.22. The zero-order valence-corrected chi connectivity index (χ0v) is 10.6. The van der Waals surface area contributed by atoms with E-state index in [0.29, 0.717) is 11.5 Å². The zero-order chi connectivity index (χ0) is 13.0. The first-order chi connectivity index (χ1) is 8.66. The highest BCUT2D eigenvalue weighted by atomic mass is 19.1. The largest absolute Gasteiger partial charge is 0.352 e. The summed E-state index contributed by atoms with van der Waals surface area (Å²) in [5.41, 5.74) is 0.450. The second-order valence-corrected chi connectivity index (χ2v) is 4.91. The Kier molecular flexibility index (Phi) is 4.31. The number of rotatable bonds is 3. The van der Waals surface area contributed by atoms with E-state index in [-0.39, 0.29) is 24.2 Å². The Hall–Kier alpha value is -1.42. The third-order valence-corrected chi connectivity index (χ3v) is 3.48. The van der Waals surface area contributed by atoms with E-state index in [4.69, 9.17) is 0 Å². The van der Waals surface area contributed by atoms with Crippen LogP contribution in [0.1, 0.15) is 18.9 Å². The minimum Gasteiger partial charge on any atom is -0.352 e. The van der Waals surface area contributed by atoms with Gasteiger partial charge in [-0.1, -0.05) is 25.1 Å². The van der Waals surface area contributed by atoms with E-state index in [0.717, 1.165) is 19.5 Å². The molecule has 98 valence electrons. The van der Waals surface area contributed by atoms with Gasteiger partial charge in [-0.05, 0) is 30.5 Å². The van der Waals surface area contributed by atoms with Crippen molar-refractivity contribution in [3.8, 4) is 0 Å². The van der Waals surface area contributed by atoms with Gasteiger partial charge in [-0.15, -0.1) is 0 Å². The molecule has 1 amide bonds. The predicted molar refractivity (Wildman–Crippen MR) is 68.7 cm³/mol. The van der Waals surface area contributed by atoms with E-state index in [1.807, 2.05) is 0 Å². The summed E-state index contributed by atoms with van der Waals surface area (Å²) in [5, 5.41) is 6.23. The molecule has 1 saturated heterocycles. The fourth-order valence-corrected chi connectivity index (χ4v) is 2.26. The van der Waals surface area contributed by atoms with E-state index in [2.05, 4.69) is 17.6 Å². The maximum atomic E-state index is 13.4. The molecule has 0 spiro atoms. The minimum atomic E-state index is -0.317. The van der Waals surface area contributed by atoms with Crippen molar-refractivity contribution in [3.05, 3.63) is 35.6 Å². The molecule has 3 nitrogen and oxygen atoms in total. The number of hydrogen-bond acceptors (Lipinski definition) is 2. The smallest absolute Gasteiger partial charge is 0.224 e. The molecule has 1 aromatic rings. The Morgan fingerprint density at radius 2 is 2.28 bits per heavy atom. The SMILES string of the molecule is C[C@H]1CCNC[C@H]1NC(=O)Cc1ccccc1F. The molecule has 1 fully saturated rings. The van der Waals surface area contributed by atoms with Crippen LogP contribution in [0, 0.1) is 11.7 Å². The van der Waals surface area contributed by atoms with Gasteiger partial charge in [0.2, 0.25) is 5.91 Å². The Balaban J connectivity index is 1.90. The first kappa shape index (κ1) is 13.0. The highest BCUT2D eigenvalue weighted by Crippen LogP contribution is 2.12. The van der Waals surface area contributed by atoms with E-state index in [1.165, 1.54) is 6.07 Å². The van der Waals surface area contributed by atoms with Gasteiger partial charge in [0, 0.05) is 12.6 Å². The Morgan fingerprint density at radius 1 is 1.50 bits per heavy atom. The zero-order valence-electron chi connectivity index (χ0n) is 10.6. The number of halogens is 1. The van der Waals surface area contributed by atoms with Crippen LogP contribution in [0.4, 0.5) is 4.39 Å². The molecule has 4 heteroatoms. The van der Waals surface area contributed by atoms with Gasteiger partial charge in [0.1, 0.15) is 5.82 Å². The molecule has 0 aromatic heterocycles. The normalized spacial score (nSPS) is 23.7. The van der Waals surface area contributed by atoms with Gasteiger partial charge in [0.05, 0.1) is 6.42 Å². The number of amides is 1. The number of carbonyl (C=O) groups is 1. The lowest BCUT2D eigenvalue weighted by atomic mass is 9.94. The van der Waals surface area contributed by atoms with Crippen LogP contribution in [0.15, 0.2) is 24.3 Å². The fourth-order valence-electron chi connectivity index (χ4n) is 2.26. The van der Waals surface area contributed by atoms with Crippen LogP contribution in [-0.2, 0) is 11.2 Å². The van der Waals surface area contributed by atoms with Gasteiger partial charge >= 0.3 is 0 Å². The van der Waals surface area contributed by atoms with Gasteiger partial charge in [-0.25, -0.2) is 4.39 Å². The lowest BCUT2D eigenvalue weighted by Gasteiger charge is -2.30. The summed E-state index contributed by atoms with van der Waals surface area (Å²) in [7, 11) is 0. The van der Waals surface area contributed by atoms with Crippen molar-refractivity contribution in [2.24, 2.45) is 5.92 Å². The maximum Gasteiger partial charge on any atom is 0.224 e. The first-order valence-corrected chi connectivity index (χ1v) is 6.40. The minimum absolute atomic E-state index is 0.107. The van der Waals surface area contributed by atoms with Crippen LogP contribution in [0.3, 0.4) is 0 Å². The van der Waals surface area contributed by atoms with Crippen LogP contribution in [-0.4, -0.2) is 25.0 Å². The van der Waals surface area contributed by atoms with Crippen LogP contribution in [0.2, 0.25) is 0 Å². The van der Waals surface area contributed by atoms with Crippen molar-refractivity contribution >= 4 is 5.91 Å². The van der Waals surface area contributed by atoms with Crippen LogP contribution in [0.25, 0.3) is 0 Å². The van der Waals surface area contributed by atoms with E-state index in [1.54, 1.807) is 18.2 Å². The van der Waals surface area contributed by atoms with Crippen molar-refractivity contribution in [1.29, 1.82) is 0 Å². The molecule has 2 atom stereocenters. The summed E-state index contributed by atoms with van der Waals surface area (Å²) >= 11 is 0. The van der Waals surface area contributed by atoms with Crippen molar-refractivity contribution in [1.82, 2.24) is 10.6 Å². The predicted octanol–water partition coefficient (Wildman–Crippen LogP) is 1.48. The molecule has 0 aliphatic carbocycles. The number of piperidine rings is 1. The third-order valence-electron chi connectivity index (χ3n) is 3.48. The summed E-state index contributed by atoms with van der Waals surface area (Å²) in [6.45, 7) is 3.93. The van der Waals surface area contributed by atoms with Gasteiger partial charge in [-0.3, -0.25) is 4.79 Å². The first-order valence-electron chi connectivity index (χ1n) is 6.40. The van der Waals surface area contributed by atoms with Crippen molar-refractivity contribution in [2.75, 3.05) is 13.1 Å². The number of benzene rings is 1. The summed E-state index contributed by atoms with van der Waals surface area (Å²) in [6.07, 6.45) is 1.17. The van der Waals surface area contributed by atoms with Gasteiger partial charge in [-0.2, -0.15) is 0 Å². The van der Waals surface area contributed by atoms with E-state index < -0.39 is 0 Å². The van der Waals surface area contributed by atoms with Gasteiger partial charge in [0.15, 0.2) is 0 Å². The molecule has 0 bridgehead atoms. The summed E-state index contributed by atoms with van der Waals surface area (Å²) < 4.78 is 13.4. The van der Waals surface area contributed by atoms with Crippen molar-refractivity contribution in [3.63, 3.8) is 0 Å². The van der Waals surface area contributed by atoms with Crippen LogP contribution < -0.4 is 10.6 Å². The monoisotopic (exact) mass is 250 g/mol. The Bertz CT molecular complexity index is 422. The molecule has 2 rings (SSSR count). The molecular formula is C14H19FN2O. The van der Waals surface area contributed by atoms with Gasteiger partial charge < -0.3 is 10.6 Å². The molecule has 1 aliphatic heterocycles. The van der Waals surface area contributed by atoms with Gasteiger partial charge in [0.25, 0.3) is 0 Å². The Morgan fingerprint density at radius 3 is 3.00 bits per heavy atom. The summed E-state index contributed by atoms with van der Waals surface area (Å²) in [4.78, 5) is 11.9. The van der Waals surface area contributed by atoms with Crippen LogP contribution in [0.5, 0.6) is 0 Å². The van der Waals surface area contributed by atoms with E-state index >= 15 is 0 Å². The number of nitrogens with one attached hydrogen (secondary N) is 2.